The normalized spacial score (nSPS) is 38.8. The fraction of sp³-hybridized carbons (Fsp3) is 0.656. The van der Waals surface area contributed by atoms with Gasteiger partial charge in [0.2, 0.25) is 0 Å². The molecule has 6 nitrogen and oxygen atoms in total. The molecule has 0 N–H and O–H groups in total. The minimum atomic E-state index is -0.607. The van der Waals surface area contributed by atoms with Gasteiger partial charge < -0.3 is 14.2 Å². The Bertz CT molecular complexity index is 1180. The zero-order valence-corrected chi connectivity index (χ0v) is 23.9. The van der Waals surface area contributed by atoms with Crippen molar-refractivity contribution in [1.82, 2.24) is 0 Å². The highest BCUT2D eigenvalue weighted by Crippen LogP contribution is 2.69. The molecule has 0 aromatic carbocycles. The number of hydrogen-bond acceptors (Lipinski definition) is 6. The minimum absolute atomic E-state index is 0.0885. The van der Waals surface area contributed by atoms with Crippen LogP contribution in [0, 0.1) is 28.6 Å². The lowest BCUT2D eigenvalue weighted by Crippen LogP contribution is -2.54. The monoisotopic (exact) mass is 522 g/mol. The van der Waals surface area contributed by atoms with Gasteiger partial charge in [0.25, 0.3) is 0 Å². The molecule has 0 radical (unpaired) electrons. The standard InChI is InChI=1S/C32H42O6/c1-18-8-12-26(37-29(18)35)19(2)23-14-15-31(6)25-11-10-24-21(9-13-28(34)38-30(24,4)5)16-22(25)17-27(32(23,31)7)36-20(3)33/h8-9,13,16,19,23-24,26-27H,10-12,14-15,17H2,1-7H3. The van der Waals surface area contributed by atoms with Crippen LogP contribution in [0.4, 0.5) is 0 Å². The van der Waals surface area contributed by atoms with E-state index < -0.39 is 5.60 Å². The van der Waals surface area contributed by atoms with Crippen molar-refractivity contribution < 1.29 is 28.6 Å². The predicted octanol–water partition coefficient (Wildman–Crippen LogP) is 6.17. The third-order valence-corrected chi connectivity index (χ3v) is 10.8. The Kier molecular flexibility index (Phi) is 6.55. The molecule has 1 fully saturated rings. The van der Waals surface area contributed by atoms with Crippen LogP contribution in [-0.4, -0.2) is 35.7 Å². The number of carbonyl (C=O) groups excluding carboxylic acids is 3. The summed E-state index contributed by atoms with van der Waals surface area (Å²) in [4.78, 5) is 37.1. The van der Waals surface area contributed by atoms with Gasteiger partial charge in [0.1, 0.15) is 17.8 Å². The van der Waals surface area contributed by atoms with Crippen molar-refractivity contribution in [2.75, 3.05) is 0 Å². The number of ether oxygens (including phenoxy) is 3. The smallest absolute Gasteiger partial charge is 0.333 e. The Morgan fingerprint density at radius 3 is 2.55 bits per heavy atom. The van der Waals surface area contributed by atoms with E-state index in [0.29, 0.717) is 12.0 Å². The third-order valence-electron chi connectivity index (χ3n) is 10.8. The molecular weight excluding hydrogens is 480 g/mol. The minimum Gasteiger partial charge on any atom is -0.462 e. The summed E-state index contributed by atoms with van der Waals surface area (Å²) in [6, 6.07) is 0. The molecule has 5 aliphatic rings. The first-order valence-corrected chi connectivity index (χ1v) is 14.2. The van der Waals surface area contributed by atoms with Crippen molar-refractivity contribution in [1.29, 1.82) is 0 Å². The van der Waals surface area contributed by atoms with E-state index in [1.54, 1.807) is 6.92 Å². The van der Waals surface area contributed by atoms with Crippen molar-refractivity contribution in [3.63, 3.8) is 0 Å². The summed E-state index contributed by atoms with van der Waals surface area (Å²) < 4.78 is 17.9. The van der Waals surface area contributed by atoms with Gasteiger partial charge in [0, 0.05) is 42.7 Å². The number of rotatable bonds is 3. The lowest BCUT2D eigenvalue weighted by atomic mass is 9.51. The molecule has 0 amide bonds. The molecule has 206 valence electrons. The van der Waals surface area contributed by atoms with Crippen LogP contribution in [0.1, 0.15) is 87.0 Å². The van der Waals surface area contributed by atoms with Crippen LogP contribution in [0.2, 0.25) is 0 Å². The molecule has 0 aromatic rings. The largest absolute Gasteiger partial charge is 0.462 e. The molecule has 0 spiro atoms. The first-order chi connectivity index (χ1) is 17.8. The molecule has 38 heavy (non-hydrogen) atoms. The fourth-order valence-corrected chi connectivity index (χ4v) is 8.57. The van der Waals surface area contributed by atoms with E-state index in [4.69, 9.17) is 14.2 Å². The van der Waals surface area contributed by atoms with E-state index >= 15 is 0 Å². The topological polar surface area (TPSA) is 78.9 Å². The maximum Gasteiger partial charge on any atom is 0.333 e. The van der Waals surface area contributed by atoms with Crippen LogP contribution in [0.25, 0.3) is 0 Å². The van der Waals surface area contributed by atoms with Gasteiger partial charge in [-0.3, -0.25) is 4.79 Å². The van der Waals surface area contributed by atoms with Crippen LogP contribution in [0.15, 0.2) is 46.6 Å². The highest BCUT2D eigenvalue weighted by atomic mass is 16.6. The van der Waals surface area contributed by atoms with Crippen molar-refractivity contribution in [2.24, 2.45) is 28.6 Å². The maximum absolute atomic E-state index is 12.4. The number of esters is 3. The molecule has 3 aliphatic carbocycles. The Labute approximate surface area is 226 Å². The Morgan fingerprint density at radius 1 is 1.13 bits per heavy atom. The second-order valence-corrected chi connectivity index (χ2v) is 13.1. The van der Waals surface area contributed by atoms with Gasteiger partial charge in [-0.05, 0) is 74.9 Å². The van der Waals surface area contributed by atoms with Gasteiger partial charge in [-0.25, -0.2) is 9.59 Å². The van der Waals surface area contributed by atoms with Gasteiger partial charge in [0.15, 0.2) is 0 Å². The summed E-state index contributed by atoms with van der Waals surface area (Å²) >= 11 is 0. The summed E-state index contributed by atoms with van der Waals surface area (Å²) in [6.45, 7) is 14.2. The van der Waals surface area contributed by atoms with Gasteiger partial charge in [-0.2, -0.15) is 0 Å². The van der Waals surface area contributed by atoms with Crippen LogP contribution < -0.4 is 0 Å². The fourth-order valence-electron chi connectivity index (χ4n) is 8.57. The second-order valence-electron chi connectivity index (χ2n) is 13.1. The van der Waals surface area contributed by atoms with E-state index in [-0.39, 0.29) is 58.7 Å². The van der Waals surface area contributed by atoms with Crippen molar-refractivity contribution in [3.05, 3.63) is 46.6 Å². The molecule has 6 heteroatoms. The first-order valence-electron chi connectivity index (χ1n) is 14.2. The van der Waals surface area contributed by atoms with Gasteiger partial charge in [0.05, 0.1) is 0 Å². The number of cyclic esters (lactones) is 2. The number of fused-ring (bicyclic) bond motifs is 3. The van der Waals surface area contributed by atoms with Gasteiger partial charge >= 0.3 is 17.9 Å². The molecular formula is C32H42O6. The van der Waals surface area contributed by atoms with Crippen molar-refractivity contribution >= 4 is 17.9 Å². The molecule has 0 saturated heterocycles. The number of carbonyl (C=O) groups is 3. The van der Waals surface area contributed by atoms with Crippen LogP contribution >= 0.6 is 0 Å². The SMILES string of the molecule is CC(=O)OC1CC2=C(CCC3C(=C2)C=CC(=O)OC3(C)C)C2(C)CCC(C(C)C3CC=C(C)C(=O)O3)C12C. The van der Waals surface area contributed by atoms with E-state index in [1.807, 2.05) is 26.0 Å². The van der Waals surface area contributed by atoms with Crippen molar-refractivity contribution in [2.45, 2.75) is 105 Å². The summed E-state index contributed by atoms with van der Waals surface area (Å²) in [7, 11) is 0. The summed E-state index contributed by atoms with van der Waals surface area (Å²) in [5, 5.41) is 0. The first kappa shape index (κ1) is 27.0. The van der Waals surface area contributed by atoms with Crippen molar-refractivity contribution in [3.8, 4) is 0 Å². The molecule has 5 rings (SSSR count). The predicted molar refractivity (Wildman–Crippen MR) is 144 cm³/mol. The number of hydrogen-bond donors (Lipinski definition) is 0. The summed E-state index contributed by atoms with van der Waals surface area (Å²) in [6.07, 6.45) is 12.4. The lowest BCUT2D eigenvalue weighted by molar-refractivity contribution is -0.167. The molecule has 7 atom stereocenters. The van der Waals surface area contributed by atoms with Crippen LogP contribution in [0.3, 0.4) is 0 Å². The quantitative estimate of drug-likeness (QED) is 0.326. The lowest BCUT2D eigenvalue weighted by Gasteiger charge is -2.55. The zero-order chi connectivity index (χ0) is 27.6. The third kappa shape index (κ3) is 4.10. The van der Waals surface area contributed by atoms with Crippen LogP contribution in [0.5, 0.6) is 0 Å². The second kappa shape index (κ2) is 9.24. The maximum atomic E-state index is 12.4. The van der Waals surface area contributed by atoms with Gasteiger partial charge in [-0.1, -0.05) is 44.6 Å². The zero-order valence-electron chi connectivity index (χ0n) is 23.9. The molecule has 7 unspecified atom stereocenters. The summed E-state index contributed by atoms with van der Waals surface area (Å²) in [5.74, 6) is -0.349. The molecule has 1 saturated carbocycles. The molecule has 2 heterocycles. The average molecular weight is 523 g/mol. The summed E-state index contributed by atoms with van der Waals surface area (Å²) in [5.41, 5.74) is 3.39. The Hall–Kier alpha value is -2.63. The highest BCUT2D eigenvalue weighted by Gasteiger charge is 2.65. The average Bonchev–Trinajstić information content (AvgIpc) is 2.93. The molecule has 2 aliphatic heterocycles. The van der Waals surface area contributed by atoms with E-state index in [0.717, 1.165) is 37.7 Å². The van der Waals surface area contributed by atoms with Crippen LogP contribution in [-0.2, 0) is 28.6 Å². The van der Waals surface area contributed by atoms with E-state index in [2.05, 4.69) is 26.8 Å². The number of allylic oxidation sites excluding steroid dienone is 3. The Morgan fingerprint density at radius 2 is 1.87 bits per heavy atom. The van der Waals surface area contributed by atoms with Gasteiger partial charge in [-0.15, -0.1) is 0 Å². The highest BCUT2D eigenvalue weighted by molar-refractivity contribution is 5.88. The Balaban J connectivity index is 1.57. The van der Waals surface area contributed by atoms with E-state index in [1.165, 1.54) is 24.1 Å². The molecule has 0 aromatic heterocycles. The van der Waals surface area contributed by atoms with E-state index in [9.17, 15) is 14.4 Å². The molecule has 0 bridgehead atoms.